The maximum atomic E-state index is 10.2. The average Bonchev–Trinajstić information content (AvgIpc) is 2.66. The topological polar surface area (TPSA) is 38.7 Å². The number of rotatable bonds is 3. The van der Waals surface area contributed by atoms with Crippen molar-refractivity contribution in [2.24, 2.45) is 0 Å². The molecule has 0 spiro atoms. The first-order chi connectivity index (χ1) is 7.22. The first-order valence-corrected chi connectivity index (χ1v) is 6.10. The van der Waals surface area contributed by atoms with Gasteiger partial charge in [0.25, 0.3) is 0 Å². The van der Waals surface area contributed by atoms with E-state index >= 15 is 0 Å². The fourth-order valence-electron chi connectivity index (χ4n) is 2.55. The molecule has 0 aromatic heterocycles. The van der Waals surface area contributed by atoms with Gasteiger partial charge >= 0.3 is 0 Å². The molecule has 2 aliphatic rings. The lowest BCUT2D eigenvalue weighted by Gasteiger charge is -2.37. The molecule has 4 heteroatoms. The van der Waals surface area contributed by atoms with E-state index in [1.54, 1.807) is 0 Å². The molecule has 1 unspecified atom stereocenters. The third kappa shape index (κ3) is 2.91. The molecule has 1 atom stereocenters. The molecule has 2 heterocycles. The van der Waals surface area contributed by atoms with Crippen LogP contribution in [0.3, 0.4) is 0 Å². The van der Waals surface area contributed by atoms with Gasteiger partial charge in [0, 0.05) is 39.3 Å². The predicted molar refractivity (Wildman–Crippen MR) is 61.0 cm³/mol. The van der Waals surface area contributed by atoms with Gasteiger partial charge in [-0.3, -0.25) is 4.90 Å². The van der Waals surface area contributed by atoms with Gasteiger partial charge in [-0.05, 0) is 19.5 Å². The summed E-state index contributed by atoms with van der Waals surface area (Å²) in [5.41, 5.74) is -0.464. The van der Waals surface area contributed by atoms with Crippen LogP contribution in [0.1, 0.15) is 13.3 Å². The van der Waals surface area contributed by atoms with E-state index in [4.69, 9.17) is 0 Å². The van der Waals surface area contributed by atoms with E-state index in [9.17, 15) is 5.11 Å². The first kappa shape index (κ1) is 11.3. The molecular formula is C11H23N3O. The summed E-state index contributed by atoms with van der Waals surface area (Å²) in [5, 5.41) is 13.5. The van der Waals surface area contributed by atoms with Crippen LogP contribution in [0.25, 0.3) is 0 Å². The van der Waals surface area contributed by atoms with Crippen LogP contribution in [-0.2, 0) is 0 Å². The SMILES string of the molecule is CCN1CCN(CC2(O)CCNC2)CC1. The van der Waals surface area contributed by atoms with Gasteiger partial charge < -0.3 is 15.3 Å². The van der Waals surface area contributed by atoms with Crippen molar-refractivity contribution in [2.45, 2.75) is 18.9 Å². The highest BCUT2D eigenvalue weighted by molar-refractivity contribution is 4.91. The maximum absolute atomic E-state index is 10.2. The summed E-state index contributed by atoms with van der Waals surface area (Å²) in [7, 11) is 0. The smallest absolute Gasteiger partial charge is 0.0909 e. The molecule has 0 aromatic carbocycles. The van der Waals surface area contributed by atoms with Gasteiger partial charge in [-0.15, -0.1) is 0 Å². The number of β-amino-alcohol motifs (C(OH)–C–C–N with tert-alkyl or cyclic N) is 1. The molecule has 0 amide bonds. The van der Waals surface area contributed by atoms with E-state index < -0.39 is 5.60 Å². The van der Waals surface area contributed by atoms with Crippen LogP contribution in [0, 0.1) is 0 Å². The summed E-state index contributed by atoms with van der Waals surface area (Å²) in [6.07, 6.45) is 0.904. The molecule has 2 saturated heterocycles. The summed E-state index contributed by atoms with van der Waals surface area (Å²) in [4.78, 5) is 4.87. The van der Waals surface area contributed by atoms with Gasteiger partial charge in [0.2, 0.25) is 0 Å². The summed E-state index contributed by atoms with van der Waals surface area (Å²) in [6.45, 7) is 10.5. The fourth-order valence-corrected chi connectivity index (χ4v) is 2.55. The second kappa shape index (κ2) is 4.78. The van der Waals surface area contributed by atoms with Gasteiger partial charge in [0.15, 0.2) is 0 Å². The number of aliphatic hydroxyl groups is 1. The Morgan fingerprint density at radius 3 is 2.40 bits per heavy atom. The van der Waals surface area contributed by atoms with Crippen molar-refractivity contribution in [3.63, 3.8) is 0 Å². The molecule has 15 heavy (non-hydrogen) atoms. The van der Waals surface area contributed by atoms with Crippen LogP contribution in [0.15, 0.2) is 0 Å². The summed E-state index contributed by atoms with van der Waals surface area (Å²) >= 11 is 0. The molecular weight excluding hydrogens is 190 g/mol. The van der Waals surface area contributed by atoms with Gasteiger partial charge in [-0.2, -0.15) is 0 Å². The second-order valence-corrected chi connectivity index (χ2v) is 4.86. The minimum absolute atomic E-state index is 0.464. The summed E-state index contributed by atoms with van der Waals surface area (Å²) < 4.78 is 0. The lowest BCUT2D eigenvalue weighted by Crippen LogP contribution is -2.52. The van der Waals surface area contributed by atoms with Crippen LogP contribution in [0.2, 0.25) is 0 Å². The highest BCUT2D eigenvalue weighted by atomic mass is 16.3. The highest BCUT2D eigenvalue weighted by Gasteiger charge is 2.33. The predicted octanol–water partition coefficient (Wildman–Crippen LogP) is -0.652. The minimum atomic E-state index is -0.464. The van der Waals surface area contributed by atoms with Gasteiger partial charge in [0.05, 0.1) is 5.60 Å². The Balaban J connectivity index is 1.76. The normalized spacial score (nSPS) is 34.8. The van der Waals surface area contributed by atoms with Crippen LogP contribution in [0.4, 0.5) is 0 Å². The molecule has 0 bridgehead atoms. The molecule has 0 saturated carbocycles. The molecule has 2 aliphatic heterocycles. The van der Waals surface area contributed by atoms with E-state index in [-0.39, 0.29) is 0 Å². The zero-order chi connectivity index (χ0) is 10.7. The standard InChI is InChI=1S/C11H23N3O/c1-2-13-5-7-14(8-6-13)10-11(15)3-4-12-9-11/h12,15H,2-10H2,1H3. The van der Waals surface area contributed by atoms with Crippen molar-refractivity contribution in [1.82, 2.24) is 15.1 Å². The molecule has 2 fully saturated rings. The number of piperazine rings is 1. The molecule has 4 nitrogen and oxygen atoms in total. The average molecular weight is 213 g/mol. The van der Waals surface area contributed by atoms with Crippen LogP contribution in [0.5, 0.6) is 0 Å². The van der Waals surface area contributed by atoms with Crippen molar-refractivity contribution in [1.29, 1.82) is 0 Å². The van der Waals surface area contributed by atoms with E-state index in [0.717, 1.165) is 58.8 Å². The van der Waals surface area contributed by atoms with Crippen LogP contribution < -0.4 is 5.32 Å². The Morgan fingerprint density at radius 1 is 1.20 bits per heavy atom. The quantitative estimate of drug-likeness (QED) is 0.653. The van der Waals surface area contributed by atoms with E-state index in [1.165, 1.54) is 0 Å². The number of likely N-dealkylation sites (N-methyl/N-ethyl adjacent to an activating group) is 1. The van der Waals surface area contributed by atoms with Crippen molar-refractivity contribution >= 4 is 0 Å². The Labute approximate surface area is 92.2 Å². The molecule has 88 valence electrons. The van der Waals surface area contributed by atoms with Crippen LogP contribution in [-0.4, -0.2) is 72.9 Å². The molecule has 2 rings (SSSR count). The maximum Gasteiger partial charge on any atom is 0.0909 e. The van der Waals surface area contributed by atoms with Crippen molar-refractivity contribution in [3.05, 3.63) is 0 Å². The van der Waals surface area contributed by atoms with Crippen LogP contribution >= 0.6 is 0 Å². The molecule has 0 aromatic rings. The van der Waals surface area contributed by atoms with Gasteiger partial charge in [-0.1, -0.05) is 6.92 Å². The largest absolute Gasteiger partial charge is 0.387 e. The van der Waals surface area contributed by atoms with Gasteiger partial charge in [-0.25, -0.2) is 0 Å². The lowest BCUT2D eigenvalue weighted by molar-refractivity contribution is 0.00581. The second-order valence-electron chi connectivity index (χ2n) is 4.86. The first-order valence-electron chi connectivity index (χ1n) is 6.10. The molecule has 0 radical (unpaired) electrons. The molecule has 2 N–H and O–H groups in total. The van der Waals surface area contributed by atoms with E-state index in [0.29, 0.717) is 0 Å². The lowest BCUT2D eigenvalue weighted by atomic mass is 10.0. The zero-order valence-electron chi connectivity index (χ0n) is 9.71. The Kier molecular flexibility index (Phi) is 3.61. The molecule has 0 aliphatic carbocycles. The fraction of sp³-hybridized carbons (Fsp3) is 1.00. The Bertz CT molecular complexity index is 196. The van der Waals surface area contributed by atoms with Crippen molar-refractivity contribution in [2.75, 3.05) is 52.4 Å². The van der Waals surface area contributed by atoms with E-state index in [2.05, 4.69) is 22.0 Å². The number of hydrogen-bond acceptors (Lipinski definition) is 4. The van der Waals surface area contributed by atoms with Crippen molar-refractivity contribution < 1.29 is 5.11 Å². The third-order valence-corrected chi connectivity index (χ3v) is 3.65. The minimum Gasteiger partial charge on any atom is -0.387 e. The zero-order valence-corrected chi connectivity index (χ0v) is 9.71. The number of nitrogens with one attached hydrogen (secondary N) is 1. The third-order valence-electron chi connectivity index (χ3n) is 3.65. The van der Waals surface area contributed by atoms with Gasteiger partial charge in [0.1, 0.15) is 0 Å². The summed E-state index contributed by atoms with van der Waals surface area (Å²) in [6, 6.07) is 0. The summed E-state index contributed by atoms with van der Waals surface area (Å²) in [5.74, 6) is 0. The Hall–Kier alpha value is -0.160. The number of hydrogen-bond donors (Lipinski definition) is 2. The monoisotopic (exact) mass is 213 g/mol. The number of nitrogens with zero attached hydrogens (tertiary/aromatic N) is 2. The Morgan fingerprint density at radius 2 is 1.87 bits per heavy atom. The van der Waals surface area contributed by atoms with Crippen molar-refractivity contribution in [3.8, 4) is 0 Å². The van der Waals surface area contributed by atoms with E-state index in [1.807, 2.05) is 0 Å². The highest BCUT2D eigenvalue weighted by Crippen LogP contribution is 2.16.